The van der Waals surface area contributed by atoms with Gasteiger partial charge in [0.25, 0.3) is 5.79 Å². The van der Waals surface area contributed by atoms with Gasteiger partial charge in [0.2, 0.25) is 13.8 Å². The molecule has 0 aromatic heterocycles. The van der Waals surface area contributed by atoms with E-state index in [4.69, 9.17) is 40.5 Å². The first kappa shape index (κ1) is 21.2. The summed E-state index contributed by atoms with van der Waals surface area (Å²) in [6.45, 7) is 2.73. The first-order valence-corrected chi connectivity index (χ1v) is 8.64. The molecule has 1 aromatic carbocycles. The van der Waals surface area contributed by atoms with E-state index in [2.05, 4.69) is 0 Å². The Hall–Kier alpha value is -2.06. The van der Waals surface area contributed by atoms with E-state index in [9.17, 15) is 19.2 Å². The zero-order valence-electron chi connectivity index (χ0n) is 14.8. The molecule has 0 saturated carbocycles. The molecule has 1 heterocycles. The molecule has 0 N–H and O–H groups in total. The van der Waals surface area contributed by atoms with Crippen LogP contribution in [0.3, 0.4) is 0 Å². The van der Waals surface area contributed by atoms with Crippen molar-refractivity contribution in [3.63, 3.8) is 0 Å². The third-order valence-corrected chi connectivity index (χ3v) is 4.74. The topological polar surface area (TPSA) is 90.0 Å². The van der Waals surface area contributed by atoms with Crippen molar-refractivity contribution >= 4 is 54.6 Å². The third kappa shape index (κ3) is 4.81. The first-order valence-electron chi connectivity index (χ1n) is 7.88. The minimum atomic E-state index is -1.81. The van der Waals surface area contributed by atoms with Gasteiger partial charge in [0, 0.05) is 27.3 Å². The molecule has 1 fully saturated rings. The molecule has 27 heavy (non-hydrogen) atoms. The van der Waals surface area contributed by atoms with Crippen molar-refractivity contribution in [3.8, 4) is 0 Å². The van der Waals surface area contributed by atoms with Crippen molar-refractivity contribution in [1.29, 1.82) is 0 Å². The number of cyclic esters (lactones) is 2. The smallest absolute Gasteiger partial charge is 0.331 e. The lowest BCUT2D eigenvalue weighted by Gasteiger charge is -2.35. The van der Waals surface area contributed by atoms with Crippen LogP contribution in [0.1, 0.15) is 19.4 Å². The number of Topliss-reactive ketones (excluding diaryl/α,β-unsaturated/α-hetero) is 1. The van der Waals surface area contributed by atoms with E-state index in [-0.39, 0.29) is 11.4 Å². The number of esters is 2. The monoisotopic (exact) mass is 411 g/mol. The summed E-state index contributed by atoms with van der Waals surface area (Å²) < 4.78 is 9.95. The Morgan fingerprint density at radius 3 is 2.22 bits per heavy atom. The maximum absolute atomic E-state index is 12.9. The molecular weight excluding hydrogens is 396 g/mol. The molecule has 10 heteroatoms. The molecule has 0 bridgehead atoms. The van der Waals surface area contributed by atoms with Gasteiger partial charge in [0.05, 0.1) is 16.1 Å². The Labute approximate surface area is 167 Å². The number of hydrogen-bond acceptors (Lipinski definition) is 6. The molecule has 142 valence electrons. The molecule has 2 radical (unpaired) electrons. The van der Waals surface area contributed by atoms with Gasteiger partial charge in [-0.15, -0.1) is 0 Å². The molecule has 0 spiro atoms. The van der Waals surface area contributed by atoms with Gasteiger partial charge < -0.3 is 14.4 Å². The van der Waals surface area contributed by atoms with Gasteiger partial charge >= 0.3 is 11.9 Å². The second-order valence-corrected chi connectivity index (χ2v) is 7.31. The number of hydrogen-bond donors (Lipinski definition) is 0. The lowest BCUT2D eigenvalue weighted by Crippen LogP contribution is -2.54. The number of rotatable bonds is 5. The molecule has 1 aliphatic heterocycles. The maximum atomic E-state index is 12.9. The van der Waals surface area contributed by atoms with Crippen LogP contribution in [0.4, 0.5) is 4.79 Å². The molecule has 2 rings (SSSR count). The number of carbonyl (C=O) groups is 4. The van der Waals surface area contributed by atoms with Crippen molar-refractivity contribution < 1.29 is 28.7 Å². The van der Waals surface area contributed by atoms with Crippen LogP contribution in [0.25, 0.3) is 0 Å². The zero-order valence-corrected chi connectivity index (χ0v) is 16.3. The number of nitrogens with zero attached hydrogens (tertiary/aromatic N) is 1. The molecule has 1 amide bonds. The minimum absolute atomic E-state index is 0.0460. The summed E-state index contributed by atoms with van der Waals surface area (Å²) in [7, 11) is 6.56. The number of ether oxygens (including phenoxy) is 2. The summed E-state index contributed by atoms with van der Waals surface area (Å²) in [5, 5.41) is 0.563. The molecular formula is C17H16BCl2NO6. The van der Waals surface area contributed by atoms with Crippen LogP contribution in [0, 0.1) is 5.92 Å². The van der Waals surface area contributed by atoms with E-state index in [1.54, 1.807) is 6.07 Å². The highest BCUT2D eigenvalue weighted by Gasteiger charge is 2.49. The van der Waals surface area contributed by atoms with Gasteiger partial charge in [0.15, 0.2) is 11.6 Å². The Bertz CT molecular complexity index is 793. The number of benzene rings is 1. The van der Waals surface area contributed by atoms with Crippen LogP contribution in [0.2, 0.25) is 10.0 Å². The van der Waals surface area contributed by atoms with Crippen molar-refractivity contribution in [2.45, 2.75) is 32.1 Å². The lowest BCUT2D eigenvalue weighted by molar-refractivity contribution is -0.238. The fourth-order valence-electron chi connectivity index (χ4n) is 2.62. The molecule has 1 saturated heterocycles. The van der Waals surface area contributed by atoms with E-state index in [0.717, 1.165) is 4.90 Å². The second-order valence-electron chi connectivity index (χ2n) is 6.49. The Morgan fingerprint density at radius 2 is 1.74 bits per heavy atom. The van der Waals surface area contributed by atoms with Crippen molar-refractivity contribution in [1.82, 2.24) is 4.90 Å². The van der Waals surface area contributed by atoms with Crippen molar-refractivity contribution in [3.05, 3.63) is 33.8 Å². The summed E-state index contributed by atoms with van der Waals surface area (Å²) in [6.07, 6.45) is -0.0460. The first-order chi connectivity index (χ1) is 12.4. The van der Waals surface area contributed by atoms with Crippen LogP contribution < -0.4 is 0 Å². The molecule has 1 atom stereocenters. The zero-order chi connectivity index (χ0) is 20.5. The third-order valence-electron chi connectivity index (χ3n) is 4.01. The van der Waals surface area contributed by atoms with Gasteiger partial charge in [-0.1, -0.05) is 29.3 Å². The quantitative estimate of drug-likeness (QED) is 0.419. The van der Waals surface area contributed by atoms with Gasteiger partial charge in [-0.05, 0) is 17.7 Å². The van der Waals surface area contributed by atoms with E-state index >= 15 is 0 Å². The summed E-state index contributed by atoms with van der Waals surface area (Å²) in [5.74, 6) is -7.15. The van der Waals surface area contributed by atoms with Crippen LogP contribution >= 0.6 is 23.2 Å². The number of amides is 1. The van der Waals surface area contributed by atoms with Crippen LogP contribution in [0.5, 0.6) is 0 Å². The minimum Gasteiger partial charge on any atom is -0.422 e. The van der Waals surface area contributed by atoms with Crippen molar-refractivity contribution in [2.75, 3.05) is 7.05 Å². The average Bonchev–Trinajstić information content (AvgIpc) is 2.53. The highest BCUT2D eigenvalue weighted by molar-refractivity contribution is 6.57. The lowest BCUT2D eigenvalue weighted by atomic mass is 9.90. The van der Waals surface area contributed by atoms with Gasteiger partial charge in [-0.25, -0.2) is 0 Å². The second kappa shape index (κ2) is 7.90. The van der Waals surface area contributed by atoms with E-state index in [0.29, 0.717) is 10.6 Å². The Morgan fingerprint density at radius 1 is 1.19 bits per heavy atom. The molecule has 1 aromatic rings. The SMILES string of the molecule is [B]C(=O)N(C)[C@H](Cc1ccc(Cl)c(Cl)c1)C(=O)C1C(=O)OC(C)(C)OC1=O. The van der Waals surface area contributed by atoms with Crippen LogP contribution in [-0.2, 0) is 30.3 Å². The summed E-state index contributed by atoms with van der Waals surface area (Å²) in [5.41, 5.74) is 0.550. The van der Waals surface area contributed by atoms with Gasteiger partial charge in [-0.3, -0.25) is 19.2 Å². The fourth-order valence-corrected chi connectivity index (χ4v) is 2.94. The number of carbonyl (C=O) groups excluding carboxylic acids is 4. The van der Waals surface area contributed by atoms with Crippen LogP contribution in [0.15, 0.2) is 18.2 Å². The van der Waals surface area contributed by atoms with Gasteiger partial charge in [0.1, 0.15) is 0 Å². The van der Waals surface area contributed by atoms with E-state index in [1.165, 1.54) is 33.0 Å². The fraction of sp³-hybridized carbons (Fsp3) is 0.412. The normalized spacial score (nSPS) is 17.7. The molecule has 0 unspecified atom stereocenters. The highest BCUT2D eigenvalue weighted by Crippen LogP contribution is 2.27. The van der Waals surface area contributed by atoms with Crippen molar-refractivity contribution in [2.24, 2.45) is 5.92 Å². The highest BCUT2D eigenvalue weighted by atomic mass is 35.5. The summed E-state index contributed by atoms with van der Waals surface area (Å²) >= 11 is 11.8. The molecule has 1 aliphatic rings. The van der Waals surface area contributed by atoms with Gasteiger partial charge in [-0.2, -0.15) is 0 Å². The number of ketones is 1. The number of halogens is 2. The Kier molecular flexibility index (Phi) is 6.22. The Balaban J connectivity index is 2.34. The maximum Gasteiger partial charge on any atom is 0.331 e. The summed E-state index contributed by atoms with van der Waals surface area (Å²) in [6, 6.07) is 3.42. The number of likely N-dealkylation sites (N-methyl/N-ethyl adjacent to an activating group) is 1. The standard InChI is InChI=1S/C17H16BCl2NO6/c1-17(2)26-14(23)12(15(24)27-17)13(22)11(21(3)16(18)25)7-8-4-5-9(19)10(20)6-8/h4-6,11-12H,7H2,1-3H3/t11-/m1/s1. The van der Waals surface area contributed by atoms with E-state index in [1.807, 2.05) is 0 Å². The predicted molar refractivity (Wildman–Crippen MR) is 97.6 cm³/mol. The average molecular weight is 412 g/mol. The van der Waals surface area contributed by atoms with E-state index < -0.39 is 41.3 Å². The molecule has 7 nitrogen and oxygen atoms in total. The largest absolute Gasteiger partial charge is 0.422 e. The summed E-state index contributed by atoms with van der Waals surface area (Å²) in [4.78, 5) is 49.9. The molecule has 0 aliphatic carbocycles. The van der Waals surface area contributed by atoms with Crippen LogP contribution in [-0.4, -0.2) is 55.2 Å². The predicted octanol–water partition coefficient (Wildman–Crippen LogP) is 2.15.